The number of anilines is 1. The van der Waals surface area contributed by atoms with Gasteiger partial charge in [-0.15, -0.1) is 0 Å². The highest BCUT2D eigenvalue weighted by molar-refractivity contribution is 6.31. The summed E-state index contributed by atoms with van der Waals surface area (Å²) < 4.78 is 15.3. The molecule has 1 atom stereocenters. The first kappa shape index (κ1) is 16.0. The van der Waals surface area contributed by atoms with Crippen LogP contribution in [0.4, 0.5) is 10.1 Å². The van der Waals surface area contributed by atoms with Crippen LogP contribution in [0.2, 0.25) is 5.02 Å². The molecule has 1 fully saturated rings. The molecule has 2 heterocycles. The molecule has 1 aromatic carbocycles. The molecule has 1 aromatic heterocycles. The first-order valence-corrected chi connectivity index (χ1v) is 8.02. The summed E-state index contributed by atoms with van der Waals surface area (Å²) in [6.45, 7) is 1.21. The van der Waals surface area contributed by atoms with Crippen molar-refractivity contribution in [1.82, 2.24) is 9.47 Å². The lowest BCUT2D eigenvalue weighted by Crippen LogP contribution is -2.33. The highest BCUT2D eigenvalue weighted by atomic mass is 35.5. The molecular formula is C17H19ClFN3O. The number of likely N-dealkylation sites (tertiary alicyclic amines) is 1. The van der Waals surface area contributed by atoms with E-state index in [1.165, 1.54) is 23.9 Å². The van der Waals surface area contributed by atoms with Gasteiger partial charge >= 0.3 is 0 Å². The number of amides is 1. The van der Waals surface area contributed by atoms with Gasteiger partial charge in [-0.2, -0.15) is 0 Å². The largest absolute Gasteiger partial charge is 0.353 e. The van der Waals surface area contributed by atoms with Gasteiger partial charge in [0.2, 0.25) is 5.91 Å². The Hall–Kier alpha value is -1.85. The summed E-state index contributed by atoms with van der Waals surface area (Å²) in [7, 11) is 2.02. The van der Waals surface area contributed by atoms with Gasteiger partial charge < -0.3 is 9.88 Å². The van der Waals surface area contributed by atoms with E-state index in [-0.39, 0.29) is 17.0 Å². The number of carbonyl (C=O) groups is 1. The summed E-state index contributed by atoms with van der Waals surface area (Å²) in [4.78, 5) is 14.4. The van der Waals surface area contributed by atoms with E-state index in [1.807, 2.05) is 19.3 Å². The molecule has 0 radical (unpaired) electrons. The Bertz CT molecular complexity index is 716. The van der Waals surface area contributed by atoms with Crippen molar-refractivity contribution in [2.24, 2.45) is 7.05 Å². The summed E-state index contributed by atoms with van der Waals surface area (Å²) in [5.74, 6) is -0.609. The standard InChI is InChI=1S/C17H19ClFN3O/c1-21-8-2-4-15(21)16-5-3-9-22(16)11-17(23)20-12-6-7-14(19)13(18)10-12/h2,4,6-8,10,16H,3,5,9,11H2,1H3,(H,20,23)/t16-/m0/s1. The first-order chi connectivity index (χ1) is 11.0. The molecule has 0 saturated carbocycles. The van der Waals surface area contributed by atoms with Crippen LogP contribution in [0.1, 0.15) is 24.6 Å². The summed E-state index contributed by atoms with van der Waals surface area (Å²) in [5.41, 5.74) is 1.73. The molecule has 122 valence electrons. The average molecular weight is 336 g/mol. The van der Waals surface area contributed by atoms with Crippen LogP contribution in [-0.4, -0.2) is 28.5 Å². The number of nitrogens with one attached hydrogen (secondary N) is 1. The van der Waals surface area contributed by atoms with Crippen molar-refractivity contribution >= 4 is 23.2 Å². The lowest BCUT2D eigenvalue weighted by Gasteiger charge is -2.24. The minimum Gasteiger partial charge on any atom is -0.353 e. The van der Waals surface area contributed by atoms with Crippen molar-refractivity contribution in [1.29, 1.82) is 0 Å². The van der Waals surface area contributed by atoms with Crippen LogP contribution >= 0.6 is 11.6 Å². The van der Waals surface area contributed by atoms with E-state index in [0.717, 1.165) is 19.4 Å². The molecule has 1 amide bonds. The maximum absolute atomic E-state index is 13.2. The molecule has 0 spiro atoms. The third-order valence-corrected chi connectivity index (χ3v) is 4.53. The Kier molecular flexibility index (Phi) is 4.68. The van der Waals surface area contributed by atoms with Crippen molar-refractivity contribution in [2.75, 3.05) is 18.4 Å². The number of rotatable bonds is 4. The molecule has 1 aliphatic heterocycles. The minimum absolute atomic E-state index is 0.00524. The predicted octanol–water partition coefficient (Wildman–Crippen LogP) is 3.59. The Morgan fingerprint density at radius 3 is 2.96 bits per heavy atom. The zero-order valence-corrected chi connectivity index (χ0v) is 13.7. The van der Waals surface area contributed by atoms with Gasteiger partial charge in [0, 0.05) is 24.6 Å². The summed E-state index contributed by atoms with van der Waals surface area (Å²) in [5, 5.41) is 2.78. The van der Waals surface area contributed by atoms with Gasteiger partial charge in [0.25, 0.3) is 0 Å². The molecular weight excluding hydrogens is 317 g/mol. The molecule has 23 heavy (non-hydrogen) atoms. The molecule has 1 aliphatic rings. The van der Waals surface area contributed by atoms with Crippen LogP contribution in [-0.2, 0) is 11.8 Å². The highest BCUT2D eigenvalue weighted by Crippen LogP contribution is 2.31. The molecule has 4 nitrogen and oxygen atoms in total. The normalized spacial score (nSPS) is 18.3. The summed E-state index contributed by atoms with van der Waals surface area (Å²) in [6, 6.07) is 8.57. The number of halogens is 2. The monoisotopic (exact) mass is 335 g/mol. The zero-order chi connectivity index (χ0) is 16.4. The van der Waals surface area contributed by atoms with Crippen LogP contribution in [0.5, 0.6) is 0 Å². The van der Waals surface area contributed by atoms with Gasteiger partial charge in [0.1, 0.15) is 5.82 Å². The zero-order valence-electron chi connectivity index (χ0n) is 12.9. The lowest BCUT2D eigenvalue weighted by atomic mass is 10.1. The number of aromatic nitrogens is 1. The third-order valence-electron chi connectivity index (χ3n) is 4.24. The van der Waals surface area contributed by atoms with E-state index in [0.29, 0.717) is 12.2 Å². The van der Waals surface area contributed by atoms with E-state index in [9.17, 15) is 9.18 Å². The SMILES string of the molecule is Cn1cccc1[C@@H]1CCCN1CC(=O)Nc1ccc(F)c(Cl)c1. The van der Waals surface area contributed by atoms with Crippen molar-refractivity contribution < 1.29 is 9.18 Å². The smallest absolute Gasteiger partial charge is 0.238 e. The molecule has 6 heteroatoms. The Morgan fingerprint density at radius 1 is 1.43 bits per heavy atom. The van der Waals surface area contributed by atoms with Crippen molar-refractivity contribution in [3.63, 3.8) is 0 Å². The van der Waals surface area contributed by atoms with Gasteiger partial charge in [-0.3, -0.25) is 9.69 Å². The molecule has 2 aromatic rings. The lowest BCUT2D eigenvalue weighted by molar-refractivity contribution is -0.117. The van der Waals surface area contributed by atoms with Gasteiger partial charge in [0.15, 0.2) is 0 Å². The second-order valence-corrected chi connectivity index (χ2v) is 6.26. The number of hydrogen-bond acceptors (Lipinski definition) is 2. The number of benzene rings is 1. The van der Waals surface area contributed by atoms with Gasteiger partial charge in [-0.1, -0.05) is 11.6 Å². The minimum atomic E-state index is -0.493. The Labute approximate surface area is 139 Å². The summed E-state index contributed by atoms with van der Waals surface area (Å²) in [6.07, 6.45) is 4.14. The van der Waals surface area contributed by atoms with Crippen LogP contribution in [0.25, 0.3) is 0 Å². The Morgan fingerprint density at radius 2 is 2.26 bits per heavy atom. The topological polar surface area (TPSA) is 37.3 Å². The van der Waals surface area contributed by atoms with Gasteiger partial charge in [0.05, 0.1) is 17.6 Å². The molecule has 0 aliphatic carbocycles. The van der Waals surface area contributed by atoms with Crippen LogP contribution in [0, 0.1) is 5.82 Å². The average Bonchev–Trinajstić information content (AvgIpc) is 3.11. The molecule has 0 bridgehead atoms. The fourth-order valence-electron chi connectivity index (χ4n) is 3.13. The second-order valence-electron chi connectivity index (χ2n) is 5.85. The van der Waals surface area contributed by atoms with Gasteiger partial charge in [-0.25, -0.2) is 4.39 Å². The molecule has 3 rings (SSSR count). The fourth-order valence-corrected chi connectivity index (χ4v) is 3.31. The second kappa shape index (κ2) is 6.72. The number of nitrogens with zero attached hydrogens (tertiary/aromatic N) is 2. The number of aryl methyl sites for hydroxylation is 1. The van der Waals surface area contributed by atoms with E-state index in [1.54, 1.807) is 0 Å². The first-order valence-electron chi connectivity index (χ1n) is 7.65. The van der Waals surface area contributed by atoms with Crippen LogP contribution < -0.4 is 5.32 Å². The molecule has 0 unspecified atom stereocenters. The van der Waals surface area contributed by atoms with E-state index >= 15 is 0 Å². The van der Waals surface area contributed by atoms with Gasteiger partial charge in [-0.05, 0) is 49.7 Å². The number of carbonyl (C=O) groups excluding carboxylic acids is 1. The van der Waals surface area contributed by atoms with E-state index in [4.69, 9.17) is 11.6 Å². The highest BCUT2D eigenvalue weighted by Gasteiger charge is 2.28. The van der Waals surface area contributed by atoms with Crippen molar-refractivity contribution in [2.45, 2.75) is 18.9 Å². The fraction of sp³-hybridized carbons (Fsp3) is 0.353. The van der Waals surface area contributed by atoms with Crippen molar-refractivity contribution in [3.8, 4) is 0 Å². The molecule has 1 N–H and O–H groups in total. The Balaban J connectivity index is 1.65. The summed E-state index contributed by atoms with van der Waals surface area (Å²) >= 11 is 5.74. The maximum atomic E-state index is 13.2. The van der Waals surface area contributed by atoms with Crippen molar-refractivity contribution in [3.05, 3.63) is 53.1 Å². The molecule has 1 saturated heterocycles. The van der Waals surface area contributed by atoms with E-state index < -0.39 is 5.82 Å². The predicted molar refractivity (Wildman–Crippen MR) is 89.0 cm³/mol. The number of hydrogen-bond donors (Lipinski definition) is 1. The van der Waals surface area contributed by atoms with Crippen LogP contribution in [0.15, 0.2) is 36.5 Å². The quantitative estimate of drug-likeness (QED) is 0.927. The maximum Gasteiger partial charge on any atom is 0.238 e. The van der Waals surface area contributed by atoms with E-state index in [2.05, 4.69) is 20.9 Å². The third kappa shape index (κ3) is 3.57. The van der Waals surface area contributed by atoms with Crippen LogP contribution in [0.3, 0.4) is 0 Å².